The van der Waals surface area contributed by atoms with Crippen LogP contribution in [0, 0.1) is 0 Å². The molecule has 0 atom stereocenters. The van der Waals surface area contributed by atoms with Crippen molar-refractivity contribution in [1.82, 2.24) is 10.2 Å². The molecule has 0 aliphatic carbocycles. The number of nitrogens with one attached hydrogen (secondary N) is 1. The Bertz CT molecular complexity index is 429. The van der Waals surface area contributed by atoms with Crippen LogP contribution in [-0.2, 0) is 16.1 Å². The van der Waals surface area contributed by atoms with Gasteiger partial charge in [-0.2, -0.15) is 0 Å². The van der Waals surface area contributed by atoms with E-state index in [0.29, 0.717) is 19.6 Å². The molecule has 102 valence electrons. The second-order valence-electron chi connectivity index (χ2n) is 4.16. The van der Waals surface area contributed by atoms with E-state index in [1.807, 2.05) is 37.3 Å². The summed E-state index contributed by atoms with van der Waals surface area (Å²) in [5, 5.41) is 2.60. The van der Waals surface area contributed by atoms with E-state index in [1.54, 1.807) is 11.0 Å². The maximum absolute atomic E-state index is 12.0. The average Bonchev–Trinajstić information content (AvgIpc) is 2.43. The third kappa shape index (κ3) is 5.38. The molecule has 0 saturated carbocycles. The normalized spacial score (nSPS) is 9.74. The van der Waals surface area contributed by atoms with Gasteiger partial charge in [-0.05, 0) is 12.5 Å². The second kappa shape index (κ2) is 8.08. The van der Waals surface area contributed by atoms with Crippen LogP contribution in [0.25, 0.3) is 0 Å². The topological polar surface area (TPSA) is 49.4 Å². The summed E-state index contributed by atoms with van der Waals surface area (Å²) in [5.41, 5.74) is 1.06. The van der Waals surface area contributed by atoms with Crippen molar-refractivity contribution < 1.29 is 9.59 Å². The molecule has 0 aliphatic rings. The maximum atomic E-state index is 12.0. The van der Waals surface area contributed by atoms with E-state index in [4.69, 9.17) is 0 Å². The fraction of sp³-hybridized carbons (Fsp3) is 0.333. The van der Waals surface area contributed by atoms with Crippen LogP contribution >= 0.6 is 0 Å². The lowest BCUT2D eigenvalue weighted by Gasteiger charge is -2.20. The summed E-state index contributed by atoms with van der Waals surface area (Å²) in [7, 11) is 0. The Labute approximate surface area is 114 Å². The minimum Gasteiger partial charge on any atom is -0.352 e. The third-order valence-corrected chi connectivity index (χ3v) is 2.71. The maximum Gasteiger partial charge on any atom is 0.232 e. The van der Waals surface area contributed by atoms with Crippen LogP contribution in [0.15, 0.2) is 43.0 Å². The van der Waals surface area contributed by atoms with Gasteiger partial charge in [0.25, 0.3) is 0 Å². The lowest BCUT2D eigenvalue weighted by Crippen LogP contribution is -2.35. The van der Waals surface area contributed by atoms with Gasteiger partial charge in [0.15, 0.2) is 0 Å². The minimum absolute atomic E-state index is 0.117. The molecule has 0 spiro atoms. The summed E-state index contributed by atoms with van der Waals surface area (Å²) < 4.78 is 0. The Morgan fingerprint density at radius 3 is 2.58 bits per heavy atom. The summed E-state index contributed by atoms with van der Waals surface area (Å²) in [6.45, 7) is 6.92. The summed E-state index contributed by atoms with van der Waals surface area (Å²) in [5.74, 6) is -0.427. The Kier molecular flexibility index (Phi) is 6.36. The number of nitrogens with zero attached hydrogens (tertiary/aromatic N) is 1. The summed E-state index contributed by atoms with van der Waals surface area (Å²) >= 11 is 0. The molecule has 1 N–H and O–H groups in total. The summed E-state index contributed by atoms with van der Waals surface area (Å²) in [6.07, 6.45) is 1.47. The molecule has 2 amide bonds. The number of benzene rings is 1. The van der Waals surface area contributed by atoms with Crippen molar-refractivity contribution in [2.45, 2.75) is 19.9 Å². The largest absolute Gasteiger partial charge is 0.352 e. The molecule has 0 unspecified atom stereocenters. The molecule has 0 aromatic heterocycles. The molecule has 1 rings (SSSR count). The van der Waals surface area contributed by atoms with Crippen LogP contribution in [0.5, 0.6) is 0 Å². The van der Waals surface area contributed by atoms with Gasteiger partial charge < -0.3 is 10.2 Å². The van der Waals surface area contributed by atoms with Gasteiger partial charge in [-0.3, -0.25) is 9.59 Å². The smallest absolute Gasteiger partial charge is 0.232 e. The molecular formula is C15H20N2O2. The first-order chi connectivity index (χ1) is 9.17. The van der Waals surface area contributed by atoms with Gasteiger partial charge in [0.2, 0.25) is 11.8 Å². The average molecular weight is 260 g/mol. The number of rotatable bonds is 7. The van der Waals surface area contributed by atoms with E-state index in [-0.39, 0.29) is 18.2 Å². The zero-order valence-electron chi connectivity index (χ0n) is 11.3. The van der Waals surface area contributed by atoms with Crippen molar-refractivity contribution in [2.24, 2.45) is 0 Å². The zero-order valence-corrected chi connectivity index (χ0v) is 11.3. The van der Waals surface area contributed by atoms with E-state index >= 15 is 0 Å². The molecule has 0 radical (unpaired) electrons. The zero-order chi connectivity index (χ0) is 14.1. The first-order valence-electron chi connectivity index (χ1n) is 6.36. The van der Waals surface area contributed by atoms with Crippen LogP contribution in [0.4, 0.5) is 0 Å². The number of amides is 2. The van der Waals surface area contributed by atoms with Crippen LogP contribution < -0.4 is 5.32 Å². The van der Waals surface area contributed by atoms with E-state index < -0.39 is 0 Å². The lowest BCUT2D eigenvalue weighted by atomic mass is 10.2. The van der Waals surface area contributed by atoms with E-state index in [1.165, 1.54) is 0 Å². The molecule has 0 fully saturated rings. The minimum atomic E-state index is -0.267. The second-order valence-corrected chi connectivity index (χ2v) is 4.16. The van der Waals surface area contributed by atoms with Crippen molar-refractivity contribution in [3.8, 4) is 0 Å². The summed E-state index contributed by atoms with van der Waals surface area (Å²) in [6, 6.07) is 9.74. The van der Waals surface area contributed by atoms with Crippen molar-refractivity contribution in [1.29, 1.82) is 0 Å². The number of carbonyl (C=O) groups is 2. The highest BCUT2D eigenvalue weighted by Crippen LogP contribution is 2.05. The van der Waals surface area contributed by atoms with Crippen LogP contribution in [0.2, 0.25) is 0 Å². The van der Waals surface area contributed by atoms with E-state index in [2.05, 4.69) is 11.9 Å². The number of hydrogen-bond acceptors (Lipinski definition) is 2. The Hall–Kier alpha value is -2.10. The number of carbonyl (C=O) groups excluding carboxylic acids is 2. The standard InChI is InChI=1S/C15H20N2O2/c1-3-10-16-14(18)11-15(19)17(4-2)12-13-8-6-5-7-9-13/h3,5-9H,1,4,10-12H2,2H3,(H,16,18). The molecule has 0 bridgehead atoms. The monoisotopic (exact) mass is 260 g/mol. The molecule has 1 aromatic rings. The highest BCUT2D eigenvalue weighted by Gasteiger charge is 2.15. The third-order valence-electron chi connectivity index (χ3n) is 2.71. The number of hydrogen-bond donors (Lipinski definition) is 1. The fourth-order valence-electron chi connectivity index (χ4n) is 1.68. The molecule has 1 aromatic carbocycles. The quantitative estimate of drug-likeness (QED) is 0.599. The summed E-state index contributed by atoms with van der Waals surface area (Å²) in [4.78, 5) is 25.1. The van der Waals surface area contributed by atoms with Crippen molar-refractivity contribution in [3.63, 3.8) is 0 Å². The first-order valence-corrected chi connectivity index (χ1v) is 6.36. The van der Waals surface area contributed by atoms with Gasteiger partial charge in [-0.25, -0.2) is 0 Å². The molecular weight excluding hydrogens is 240 g/mol. The SMILES string of the molecule is C=CCNC(=O)CC(=O)N(CC)Cc1ccccc1. The Balaban J connectivity index is 2.52. The Morgan fingerprint density at radius 2 is 2.00 bits per heavy atom. The van der Waals surface area contributed by atoms with Gasteiger partial charge in [0.05, 0.1) is 0 Å². The molecule has 0 heterocycles. The highest BCUT2D eigenvalue weighted by molar-refractivity contribution is 5.96. The van der Waals surface area contributed by atoms with Crippen LogP contribution in [0.1, 0.15) is 18.9 Å². The first kappa shape index (κ1) is 15.0. The predicted molar refractivity (Wildman–Crippen MR) is 75.4 cm³/mol. The van der Waals surface area contributed by atoms with E-state index in [0.717, 1.165) is 5.56 Å². The Morgan fingerprint density at radius 1 is 1.32 bits per heavy atom. The van der Waals surface area contributed by atoms with Crippen molar-refractivity contribution in [2.75, 3.05) is 13.1 Å². The van der Waals surface area contributed by atoms with Crippen LogP contribution in [-0.4, -0.2) is 29.8 Å². The van der Waals surface area contributed by atoms with Crippen molar-refractivity contribution >= 4 is 11.8 Å². The van der Waals surface area contributed by atoms with Crippen LogP contribution in [0.3, 0.4) is 0 Å². The van der Waals surface area contributed by atoms with Gasteiger partial charge in [0.1, 0.15) is 6.42 Å². The molecule has 0 aliphatic heterocycles. The predicted octanol–water partition coefficient (Wildman–Crippen LogP) is 1.73. The van der Waals surface area contributed by atoms with Gasteiger partial charge in [-0.1, -0.05) is 36.4 Å². The molecule has 4 heteroatoms. The van der Waals surface area contributed by atoms with Gasteiger partial charge in [0, 0.05) is 19.6 Å². The molecule has 19 heavy (non-hydrogen) atoms. The van der Waals surface area contributed by atoms with E-state index in [9.17, 15) is 9.59 Å². The van der Waals surface area contributed by atoms with Gasteiger partial charge >= 0.3 is 0 Å². The van der Waals surface area contributed by atoms with Gasteiger partial charge in [-0.15, -0.1) is 6.58 Å². The fourth-order valence-corrected chi connectivity index (χ4v) is 1.68. The highest BCUT2D eigenvalue weighted by atomic mass is 16.2. The van der Waals surface area contributed by atoms with Crippen molar-refractivity contribution in [3.05, 3.63) is 48.6 Å². The molecule has 0 saturated heterocycles. The molecule has 4 nitrogen and oxygen atoms in total. The lowest BCUT2D eigenvalue weighted by molar-refractivity contribution is -0.136.